The normalized spacial score (nSPS) is 11.6. The number of hydrogen-bond acceptors (Lipinski definition) is 17. The summed E-state index contributed by atoms with van der Waals surface area (Å²) in [7, 11) is 0. The number of hydrogen-bond donors (Lipinski definition) is 13. The first-order chi connectivity index (χ1) is 43.1. The van der Waals surface area contributed by atoms with Gasteiger partial charge in [-0.25, -0.2) is 19.2 Å². The van der Waals surface area contributed by atoms with Crippen LogP contribution in [0.5, 0.6) is 0 Å². The molecule has 29 nitrogen and oxygen atoms in total. The topological polar surface area (TPSA) is 429 Å². The van der Waals surface area contributed by atoms with E-state index in [0.717, 1.165) is 16.7 Å². The van der Waals surface area contributed by atoms with Crippen molar-refractivity contribution >= 4 is 71.4 Å². The van der Waals surface area contributed by atoms with Gasteiger partial charge >= 0.3 is 47.8 Å². The van der Waals surface area contributed by atoms with E-state index < -0.39 is 72.7 Å². The van der Waals surface area contributed by atoms with Gasteiger partial charge in [0.1, 0.15) is 18.7 Å². The molecule has 0 radical (unpaired) electrons. The highest BCUT2D eigenvalue weighted by molar-refractivity contribution is 5.94. The van der Waals surface area contributed by atoms with Crippen LogP contribution in [0.1, 0.15) is 121 Å². The fourth-order valence-corrected chi connectivity index (χ4v) is 8.91. The molecule has 0 bridgehead atoms. The van der Waals surface area contributed by atoms with Crippen molar-refractivity contribution in [3.63, 3.8) is 0 Å². The monoisotopic (exact) mass is 1260 g/mol. The number of ether oxygens (including phenoxy) is 1. The second-order valence-corrected chi connectivity index (χ2v) is 21.2. The van der Waals surface area contributed by atoms with Crippen molar-refractivity contribution in [3.05, 3.63) is 107 Å². The second kappa shape index (κ2) is 43.6. The Morgan fingerprint density at radius 2 is 1.00 bits per heavy atom. The predicted molar refractivity (Wildman–Crippen MR) is 325 cm³/mol. The van der Waals surface area contributed by atoms with Crippen LogP contribution in [0.15, 0.2) is 78.9 Å². The van der Waals surface area contributed by atoms with E-state index >= 15 is 0 Å². The Morgan fingerprint density at radius 1 is 0.444 bits per heavy atom. The molecule has 0 aliphatic rings. The molecule has 29 heteroatoms. The van der Waals surface area contributed by atoms with Gasteiger partial charge in [-0.2, -0.15) is 0 Å². The largest absolute Gasteiger partial charge is 0.481 e. The van der Waals surface area contributed by atoms with Gasteiger partial charge in [-0.3, -0.25) is 48.2 Å². The number of carboxylic acid groups (broad SMARTS) is 6. The standard InChI is InChI=1S/C61H86N10O19/c72-50(64-27-9-10-28-65-57(83)46-21-17-43(18-22-46)36-66-51(73)37-62-29-32-69(40-55(79)80)34-35-70(41-56(81)82)33-30-63-38-54(77)78)15-6-1-2-7-16-52(74)71(39-44-19-23-47(24-20-44)60(88)90-42-45-12-4-3-5-13-45)31-11-8-14-48(58(84)85)67-61(89)68-49(59(86)87)25-26-53(75)76/h3-5,12-13,17-24,48-49,62-63H,1-2,6-11,14-16,25-42H2,(H,64,72)(H,65,83)(H,66,73)(H,75,76)(H,77,78)(H,79,80)(H,81,82)(H,84,85)(H,86,87)(H2,67,68,89)/t48-,49-/m0/s1. The highest BCUT2D eigenvalue weighted by atomic mass is 16.5. The Hall–Kier alpha value is -9.06. The highest BCUT2D eigenvalue weighted by Crippen LogP contribution is 2.16. The van der Waals surface area contributed by atoms with Crippen LogP contribution in [-0.4, -0.2) is 214 Å². The molecule has 0 spiro atoms. The van der Waals surface area contributed by atoms with Gasteiger partial charge in [0.2, 0.25) is 17.7 Å². The number of rotatable bonds is 49. The SMILES string of the molecule is O=C(O)CC[C@H](NC(=O)N[C@@H](CCCCN(Cc1ccc(C(=O)OCc2ccccc2)cc1)C(=O)CCCCCCC(=O)NCCCCNC(=O)c1ccc(CNC(=O)CNCCN(CCN(CCNCC(=O)O)CC(=O)O)CC(=O)O)cc1)C(=O)O)C(=O)O. The number of nitrogens with zero attached hydrogens (tertiary/aromatic N) is 3. The lowest BCUT2D eigenvalue weighted by atomic mass is 10.1. The lowest BCUT2D eigenvalue weighted by molar-refractivity contribution is -0.141. The number of benzene rings is 3. The predicted octanol–water partition coefficient (Wildman–Crippen LogP) is 1.93. The van der Waals surface area contributed by atoms with Crippen LogP contribution < -0.4 is 37.2 Å². The number of nitrogens with one attached hydrogen (secondary N) is 7. The third kappa shape index (κ3) is 34.5. The zero-order valence-corrected chi connectivity index (χ0v) is 50.5. The van der Waals surface area contributed by atoms with E-state index in [2.05, 4.69) is 37.2 Å². The van der Waals surface area contributed by atoms with E-state index in [4.69, 9.17) is 14.9 Å². The highest BCUT2D eigenvalue weighted by Gasteiger charge is 2.26. The first kappa shape index (κ1) is 75.2. The van der Waals surface area contributed by atoms with E-state index in [0.29, 0.717) is 69.2 Å². The first-order valence-electron chi connectivity index (χ1n) is 29.8. The maximum atomic E-state index is 13.7. The summed E-state index contributed by atoms with van der Waals surface area (Å²) in [4.78, 5) is 150. The average Bonchev–Trinajstić information content (AvgIpc) is 2.73. The molecule has 494 valence electrons. The van der Waals surface area contributed by atoms with Crippen molar-refractivity contribution in [2.24, 2.45) is 0 Å². The Kier molecular flexibility index (Phi) is 36.4. The maximum Gasteiger partial charge on any atom is 0.338 e. The summed E-state index contributed by atoms with van der Waals surface area (Å²) in [6.45, 7) is 1.96. The molecule has 0 fully saturated rings. The molecule has 0 heterocycles. The number of unbranched alkanes of at least 4 members (excludes halogenated alkanes) is 5. The van der Waals surface area contributed by atoms with Gasteiger partial charge in [-0.1, -0.05) is 67.4 Å². The third-order valence-electron chi connectivity index (χ3n) is 13.8. The van der Waals surface area contributed by atoms with Crippen LogP contribution in [0.3, 0.4) is 0 Å². The van der Waals surface area contributed by atoms with Crippen LogP contribution in [0.2, 0.25) is 0 Å². The fourth-order valence-electron chi connectivity index (χ4n) is 8.91. The van der Waals surface area contributed by atoms with Gasteiger partial charge in [0.05, 0.1) is 31.7 Å². The van der Waals surface area contributed by atoms with Gasteiger partial charge < -0.3 is 77.5 Å². The van der Waals surface area contributed by atoms with Crippen LogP contribution in [0, 0.1) is 0 Å². The van der Waals surface area contributed by atoms with E-state index in [1.165, 1.54) is 0 Å². The zero-order valence-electron chi connectivity index (χ0n) is 50.5. The smallest absolute Gasteiger partial charge is 0.338 e. The number of carbonyl (C=O) groups is 12. The summed E-state index contributed by atoms with van der Waals surface area (Å²) in [6.07, 6.45) is 3.76. The Bertz CT molecular complexity index is 2770. The molecule has 2 atom stereocenters. The summed E-state index contributed by atoms with van der Waals surface area (Å²) in [5.41, 5.74) is 3.04. The summed E-state index contributed by atoms with van der Waals surface area (Å²) in [5.74, 6) is -8.74. The minimum atomic E-state index is -1.56. The number of amides is 6. The summed E-state index contributed by atoms with van der Waals surface area (Å²) >= 11 is 0. The summed E-state index contributed by atoms with van der Waals surface area (Å²) in [6, 6.07) is 18.5. The molecular formula is C61H86N10O19. The van der Waals surface area contributed by atoms with E-state index in [1.54, 1.807) is 63.2 Å². The molecule has 0 aliphatic carbocycles. The number of urea groups is 1. The molecule has 6 amide bonds. The van der Waals surface area contributed by atoms with E-state index in [9.17, 15) is 78.0 Å². The van der Waals surface area contributed by atoms with Gasteiger partial charge in [-0.05, 0) is 92.3 Å². The Morgan fingerprint density at radius 3 is 1.58 bits per heavy atom. The van der Waals surface area contributed by atoms with E-state index in [-0.39, 0.29) is 141 Å². The molecular weight excluding hydrogens is 1180 g/mol. The Labute approximate surface area is 521 Å². The summed E-state index contributed by atoms with van der Waals surface area (Å²) in [5, 5.41) is 74.0. The molecule has 0 aromatic heterocycles. The second-order valence-electron chi connectivity index (χ2n) is 21.2. The van der Waals surface area contributed by atoms with Gasteiger partial charge in [0, 0.05) is 96.8 Å². The van der Waals surface area contributed by atoms with Gasteiger partial charge in [0.25, 0.3) is 5.91 Å². The first-order valence-corrected chi connectivity index (χ1v) is 29.8. The minimum absolute atomic E-state index is 0.0522. The van der Waals surface area contributed by atoms with Crippen molar-refractivity contribution in [3.8, 4) is 0 Å². The number of carboxylic acids is 6. The van der Waals surface area contributed by atoms with Crippen LogP contribution in [0.25, 0.3) is 0 Å². The van der Waals surface area contributed by atoms with Crippen molar-refractivity contribution in [2.75, 3.05) is 85.1 Å². The van der Waals surface area contributed by atoms with Crippen LogP contribution >= 0.6 is 0 Å². The molecule has 3 rings (SSSR count). The molecule has 90 heavy (non-hydrogen) atoms. The average molecular weight is 1260 g/mol. The fraction of sp³-hybridized carbons (Fsp3) is 0.508. The van der Waals surface area contributed by atoms with E-state index in [1.807, 2.05) is 30.3 Å². The number of carbonyl (C=O) groups excluding carboxylic acids is 6. The molecule has 0 saturated carbocycles. The van der Waals surface area contributed by atoms with Crippen molar-refractivity contribution < 1.29 is 92.9 Å². The van der Waals surface area contributed by atoms with Crippen LogP contribution in [0.4, 0.5) is 4.79 Å². The van der Waals surface area contributed by atoms with Crippen LogP contribution in [-0.2, 0) is 67.6 Å². The van der Waals surface area contributed by atoms with Crippen molar-refractivity contribution in [2.45, 2.75) is 115 Å². The molecule has 13 N–H and O–H groups in total. The number of esters is 1. The quantitative estimate of drug-likeness (QED) is 0.0284. The Balaban J connectivity index is 1.35. The third-order valence-corrected chi connectivity index (χ3v) is 13.8. The minimum Gasteiger partial charge on any atom is -0.481 e. The molecule has 0 saturated heterocycles. The molecule has 0 aliphatic heterocycles. The summed E-state index contributed by atoms with van der Waals surface area (Å²) < 4.78 is 5.44. The van der Waals surface area contributed by atoms with Crippen molar-refractivity contribution in [1.82, 2.24) is 51.9 Å². The maximum absolute atomic E-state index is 13.7. The lowest BCUT2D eigenvalue weighted by Crippen LogP contribution is -2.51. The van der Waals surface area contributed by atoms with Crippen molar-refractivity contribution in [1.29, 1.82) is 0 Å². The lowest BCUT2D eigenvalue weighted by Gasteiger charge is -2.26. The van der Waals surface area contributed by atoms with Gasteiger partial charge in [0.15, 0.2) is 0 Å². The number of aliphatic carboxylic acids is 6. The molecule has 3 aromatic rings. The van der Waals surface area contributed by atoms with Gasteiger partial charge in [-0.15, -0.1) is 0 Å². The molecule has 3 aromatic carbocycles. The zero-order chi connectivity index (χ0) is 66.1. The molecule has 0 unspecified atom stereocenters.